The van der Waals surface area contributed by atoms with Gasteiger partial charge in [-0.1, -0.05) is 97.1 Å². The number of nitrogens with zero attached hydrogens (tertiary/aromatic N) is 6. The second-order valence-corrected chi connectivity index (χ2v) is 22.3. The lowest BCUT2D eigenvalue weighted by Crippen LogP contribution is -2.50. The maximum atomic E-state index is 14.0. The van der Waals surface area contributed by atoms with E-state index in [9.17, 15) is 69.2 Å². The maximum Gasteiger partial charge on any atom is 0.320 e. The molecule has 0 unspecified atom stereocenters. The first-order valence-corrected chi connectivity index (χ1v) is 31.7. The van der Waals surface area contributed by atoms with E-state index in [2.05, 4.69) is 21.3 Å². The van der Waals surface area contributed by atoms with Crippen LogP contribution in [-0.2, 0) is 38.2 Å². The maximum absolute atomic E-state index is 14.0. The fraction of sp³-hybridized carbons (Fsp3) is 0.229. The smallest absolute Gasteiger partial charge is 0.320 e. The lowest BCUT2D eigenvalue weighted by Gasteiger charge is -2.34. The second kappa shape index (κ2) is 37.6. The number of piperazine rings is 1. The number of benzene rings is 8. The van der Waals surface area contributed by atoms with E-state index in [1.165, 1.54) is 146 Å². The number of carbonyl (C=O) groups excluding carboxylic acids is 6. The van der Waals surface area contributed by atoms with Gasteiger partial charge in [0.25, 0.3) is 23.6 Å². The van der Waals surface area contributed by atoms with Crippen LogP contribution in [0.5, 0.6) is 46.0 Å². The summed E-state index contributed by atoms with van der Waals surface area (Å²) in [6.45, 7) is -3.43. The molecular weight excluding hydrogens is 1360 g/mol. The van der Waals surface area contributed by atoms with E-state index in [1.807, 2.05) is 0 Å². The fourth-order valence-electron chi connectivity index (χ4n) is 9.90. The summed E-state index contributed by atoms with van der Waals surface area (Å²) < 4.78 is 58.4. The van der Waals surface area contributed by atoms with Crippen LogP contribution in [0, 0.1) is 40.5 Å². The number of ether oxygens (including phenoxy) is 10. The van der Waals surface area contributed by atoms with E-state index in [-0.39, 0.29) is 157 Å². The molecule has 1 fully saturated rings. The van der Waals surface area contributed by atoms with Gasteiger partial charge in [-0.3, -0.25) is 79.0 Å². The molecule has 1 saturated heterocycles. The van der Waals surface area contributed by atoms with Crippen LogP contribution in [0.25, 0.3) is 0 Å². The van der Waals surface area contributed by atoms with Gasteiger partial charge in [-0.05, 0) is 72.8 Å². The van der Waals surface area contributed by atoms with Gasteiger partial charge in [0.1, 0.15) is 49.4 Å². The van der Waals surface area contributed by atoms with E-state index in [0.29, 0.717) is 0 Å². The third-order valence-corrected chi connectivity index (χ3v) is 14.8. The van der Waals surface area contributed by atoms with Crippen LogP contribution in [0.3, 0.4) is 0 Å². The van der Waals surface area contributed by atoms with E-state index < -0.39 is 93.9 Å². The molecule has 104 heavy (non-hydrogen) atoms. The number of nitrogens with one attached hydrogen (secondary N) is 4. The van der Waals surface area contributed by atoms with Gasteiger partial charge in [0.15, 0.2) is 61.6 Å². The number of nitro benzene ring substituents is 4. The molecule has 9 rings (SSSR count). The summed E-state index contributed by atoms with van der Waals surface area (Å²) in [5.41, 5.74) is -0.739. The molecule has 0 radical (unpaired) electrons. The number of rotatable bonds is 38. The number of hydrogen-bond acceptors (Lipinski definition) is 26. The SMILES string of the molecule is O=C(COc1ccccc1[N+](=O)[O-])Nc1ccccc1OCC(COc1ccccc1NC(=O)COc1ccccc1[N+](=O)[O-])OC(=O)CN1CCN(CC(=O)OC(COc2ccccc2NC(=O)COc2ccccc2[N+](=O)[O-])COc2ccccc2NC(=O)COc2ccccc2[N+](=O)[O-])CC1. The summed E-state index contributed by atoms with van der Waals surface area (Å²) in [7, 11) is 0. The minimum absolute atomic E-state index is 0.118. The highest BCUT2D eigenvalue weighted by atomic mass is 16.7. The Balaban J connectivity index is 0.830. The van der Waals surface area contributed by atoms with Crippen LogP contribution < -0.4 is 59.2 Å². The number of esters is 2. The summed E-state index contributed by atoms with van der Waals surface area (Å²) in [5, 5.41) is 56.8. The summed E-state index contributed by atoms with van der Waals surface area (Å²) in [4.78, 5) is 128. The van der Waals surface area contributed by atoms with Crippen molar-refractivity contribution >= 4 is 81.1 Å². The number of nitro groups is 4. The second-order valence-electron chi connectivity index (χ2n) is 22.3. The highest BCUT2D eigenvalue weighted by molar-refractivity contribution is 5.95. The highest BCUT2D eigenvalue weighted by Crippen LogP contribution is 2.33. The fourth-order valence-corrected chi connectivity index (χ4v) is 9.90. The van der Waals surface area contributed by atoms with Crippen LogP contribution >= 0.6 is 0 Å². The Bertz CT molecular complexity index is 3870. The van der Waals surface area contributed by atoms with Gasteiger partial charge in [-0.25, -0.2) is 0 Å². The molecule has 34 heteroatoms. The Hall–Kier alpha value is -13.5. The van der Waals surface area contributed by atoms with Crippen molar-refractivity contribution in [1.82, 2.24) is 9.80 Å². The predicted octanol–water partition coefficient (Wildman–Crippen LogP) is 8.45. The molecule has 540 valence electrons. The largest absolute Gasteiger partial charge is 0.487 e. The van der Waals surface area contributed by atoms with Crippen molar-refractivity contribution in [2.24, 2.45) is 0 Å². The summed E-state index contributed by atoms with van der Waals surface area (Å²) in [6.07, 6.45) is -2.37. The molecular formula is C70H66N10O24. The monoisotopic (exact) mass is 1430 g/mol. The zero-order valence-electron chi connectivity index (χ0n) is 55.0. The molecule has 4 N–H and O–H groups in total. The van der Waals surface area contributed by atoms with E-state index in [1.54, 1.807) is 58.3 Å². The van der Waals surface area contributed by atoms with E-state index in [0.717, 1.165) is 0 Å². The van der Waals surface area contributed by atoms with Crippen molar-refractivity contribution in [1.29, 1.82) is 0 Å². The Morgan fingerprint density at radius 2 is 0.510 bits per heavy atom. The van der Waals surface area contributed by atoms with Crippen molar-refractivity contribution in [3.05, 3.63) is 235 Å². The lowest BCUT2D eigenvalue weighted by atomic mass is 10.2. The first kappa shape index (κ1) is 74.7. The van der Waals surface area contributed by atoms with E-state index >= 15 is 0 Å². The van der Waals surface area contributed by atoms with Crippen molar-refractivity contribution in [2.45, 2.75) is 12.2 Å². The molecule has 0 bridgehead atoms. The zero-order chi connectivity index (χ0) is 73.7. The van der Waals surface area contributed by atoms with Gasteiger partial charge in [0.2, 0.25) is 0 Å². The zero-order valence-corrected chi connectivity index (χ0v) is 55.0. The van der Waals surface area contributed by atoms with Gasteiger partial charge in [0, 0.05) is 50.4 Å². The number of amides is 4. The van der Waals surface area contributed by atoms with Crippen molar-refractivity contribution in [3.63, 3.8) is 0 Å². The molecule has 1 aliphatic rings. The number of para-hydroxylation sites is 16. The normalized spacial score (nSPS) is 11.9. The van der Waals surface area contributed by atoms with Crippen LogP contribution in [0.15, 0.2) is 194 Å². The first-order chi connectivity index (χ1) is 50.3. The Kier molecular flexibility index (Phi) is 27.0. The van der Waals surface area contributed by atoms with Gasteiger partial charge in [-0.2, -0.15) is 0 Å². The highest BCUT2D eigenvalue weighted by Gasteiger charge is 2.28. The molecule has 8 aromatic carbocycles. The molecule has 8 aromatic rings. The molecule has 1 aliphatic heterocycles. The van der Waals surface area contributed by atoms with Gasteiger partial charge < -0.3 is 68.6 Å². The van der Waals surface area contributed by atoms with Crippen molar-refractivity contribution in [3.8, 4) is 46.0 Å². The lowest BCUT2D eigenvalue weighted by molar-refractivity contribution is -0.386. The Morgan fingerprint density at radius 1 is 0.308 bits per heavy atom. The Morgan fingerprint density at radius 3 is 0.731 bits per heavy atom. The van der Waals surface area contributed by atoms with Gasteiger partial charge in [-0.15, -0.1) is 0 Å². The summed E-state index contributed by atoms with van der Waals surface area (Å²) in [6, 6.07) is 47.2. The van der Waals surface area contributed by atoms with Gasteiger partial charge >= 0.3 is 34.7 Å². The average molecular weight is 1430 g/mol. The molecule has 0 aliphatic carbocycles. The summed E-state index contributed by atoms with van der Waals surface area (Å²) in [5.74, 6) is -4.28. The number of hydrogen-bond donors (Lipinski definition) is 4. The molecule has 34 nitrogen and oxygen atoms in total. The number of carbonyl (C=O) groups is 6. The number of anilines is 4. The Labute approximate surface area is 590 Å². The average Bonchev–Trinajstić information content (AvgIpc) is 0.896. The third kappa shape index (κ3) is 22.8. The van der Waals surface area contributed by atoms with Gasteiger partial charge in [0.05, 0.1) is 55.5 Å². The van der Waals surface area contributed by atoms with Crippen molar-refractivity contribution < 1.29 is 95.8 Å². The molecule has 0 saturated carbocycles. The first-order valence-electron chi connectivity index (χ1n) is 31.7. The molecule has 4 amide bonds. The molecule has 0 aromatic heterocycles. The topological polar surface area (TPSA) is 422 Å². The molecule has 0 spiro atoms. The molecule has 0 atom stereocenters. The summed E-state index contributed by atoms with van der Waals surface area (Å²) >= 11 is 0. The van der Waals surface area contributed by atoms with Crippen LogP contribution in [-0.4, -0.2) is 169 Å². The standard InChI is InChI=1S/C70H66N10O24/c81-65(43-99-61-29-13-5-21-53(61)77(87)88)71-49-17-1-9-25-57(49)95-39-47(40-96-58-26-10-2-18-50(58)72-66(82)44-100-62-30-14-6-22-54(62)78(89)90)103-69(85)37-75-33-35-76(36-34-75)38-70(86)104-48(41-97-59-27-11-3-19-51(59)73-67(83)45-101-63-31-15-7-23-55(63)79(91)92)42-98-60-28-12-4-20-52(60)74-68(84)46-102-64-32-16-8-24-56(64)80(93)94/h1-32,47-48H,33-46H2,(H,71,81)(H,72,82)(H,73,83)(H,74,84). The van der Waals surface area contributed by atoms with Crippen molar-refractivity contribution in [2.75, 3.05) is 113 Å². The minimum atomic E-state index is -1.18. The quantitative estimate of drug-likeness (QED) is 0.0160. The van der Waals surface area contributed by atoms with Crippen LogP contribution in [0.1, 0.15) is 0 Å². The van der Waals surface area contributed by atoms with Crippen LogP contribution in [0.4, 0.5) is 45.5 Å². The van der Waals surface area contributed by atoms with E-state index in [4.69, 9.17) is 47.4 Å². The predicted molar refractivity (Wildman–Crippen MR) is 369 cm³/mol. The minimum Gasteiger partial charge on any atom is -0.487 e. The third-order valence-electron chi connectivity index (χ3n) is 14.8. The van der Waals surface area contributed by atoms with Crippen LogP contribution in [0.2, 0.25) is 0 Å². The molecule has 1 heterocycles.